The largest absolute Gasteiger partial charge is 0.373 e. The Kier molecular flexibility index (Phi) is 3.03. The lowest BCUT2D eigenvalue weighted by Crippen LogP contribution is -2.20. The molecule has 2 rings (SSSR count). The second-order valence-electron chi connectivity index (χ2n) is 4.61. The van der Waals surface area contributed by atoms with Gasteiger partial charge in [0.15, 0.2) is 5.15 Å². The smallest absolute Gasteiger partial charge is 0.150 e. The van der Waals surface area contributed by atoms with Gasteiger partial charge in [0.05, 0.1) is 5.69 Å². The fraction of sp³-hybridized carbons (Fsp3) is 0.727. The van der Waals surface area contributed by atoms with E-state index in [0.717, 1.165) is 37.2 Å². The van der Waals surface area contributed by atoms with Crippen molar-refractivity contribution in [2.24, 2.45) is 5.92 Å². The zero-order chi connectivity index (χ0) is 11.0. The van der Waals surface area contributed by atoms with E-state index in [2.05, 4.69) is 18.8 Å². The molecule has 0 bridgehead atoms. The van der Waals surface area contributed by atoms with Crippen molar-refractivity contribution in [1.29, 1.82) is 0 Å². The Balaban J connectivity index is 2.39. The van der Waals surface area contributed by atoms with Gasteiger partial charge in [0.25, 0.3) is 0 Å². The number of nitrogens with zero attached hydrogens (tertiary/aromatic N) is 2. The zero-order valence-corrected chi connectivity index (χ0v) is 9.96. The third-order valence-corrected chi connectivity index (χ3v) is 3.10. The van der Waals surface area contributed by atoms with Crippen molar-refractivity contribution in [1.82, 2.24) is 9.55 Å². The van der Waals surface area contributed by atoms with Crippen molar-refractivity contribution in [2.75, 3.05) is 0 Å². The van der Waals surface area contributed by atoms with Gasteiger partial charge in [-0.1, -0.05) is 25.4 Å². The summed E-state index contributed by atoms with van der Waals surface area (Å²) >= 11 is 6.07. The SMILES string of the molecule is CC(C)Cc1nc(Cl)c2n1C(O)CCC2. The van der Waals surface area contributed by atoms with Crippen molar-refractivity contribution in [3.8, 4) is 0 Å². The van der Waals surface area contributed by atoms with Crippen LogP contribution in [0.15, 0.2) is 0 Å². The maximum absolute atomic E-state index is 9.93. The molecule has 0 fully saturated rings. The van der Waals surface area contributed by atoms with Gasteiger partial charge >= 0.3 is 0 Å². The normalized spacial score (nSPS) is 20.7. The fourth-order valence-corrected chi connectivity index (χ4v) is 2.44. The fourth-order valence-electron chi connectivity index (χ4n) is 2.15. The van der Waals surface area contributed by atoms with Crippen LogP contribution in [0.1, 0.15) is 44.4 Å². The number of imidazole rings is 1. The summed E-state index contributed by atoms with van der Waals surface area (Å²) < 4.78 is 1.92. The summed E-state index contributed by atoms with van der Waals surface area (Å²) in [6, 6.07) is 0. The molecule has 1 N–H and O–H groups in total. The number of fused-ring (bicyclic) bond motifs is 1. The number of aliphatic hydroxyl groups excluding tert-OH is 1. The van der Waals surface area contributed by atoms with E-state index in [1.165, 1.54) is 0 Å². The third-order valence-electron chi connectivity index (χ3n) is 2.80. The molecule has 0 radical (unpaired) electrons. The molecule has 84 valence electrons. The summed E-state index contributed by atoms with van der Waals surface area (Å²) in [5.74, 6) is 1.46. The van der Waals surface area contributed by atoms with Crippen LogP contribution in [0, 0.1) is 5.92 Å². The first kappa shape index (κ1) is 11.0. The van der Waals surface area contributed by atoms with Crippen LogP contribution in [0.5, 0.6) is 0 Å². The summed E-state index contributed by atoms with van der Waals surface area (Å²) in [7, 11) is 0. The topological polar surface area (TPSA) is 38.0 Å². The van der Waals surface area contributed by atoms with Gasteiger partial charge in [-0.15, -0.1) is 0 Å². The van der Waals surface area contributed by atoms with Crippen LogP contribution in [0.2, 0.25) is 5.15 Å². The highest BCUT2D eigenvalue weighted by Crippen LogP contribution is 2.30. The Labute approximate surface area is 95.1 Å². The van der Waals surface area contributed by atoms with E-state index in [1.807, 2.05) is 4.57 Å². The van der Waals surface area contributed by atoms with Gasteiger partial charge < -0.3 is 9.67 Å². The molecular weight excluding hydrogens is 212 g/mol. The minimum atomic E-state index is -0.428. The molecule has 1 unspecified atom stereocenters. The highest BCUT2D eigenvalue weighted by Gasteiger charge is 2.24. The Morgan fingerprint density at radius 3 is 3.00 bits per heavy atom. The van der Waals surface area contributed by atoms with Crippen LogP contribution < -0.4 is 0 Å². The molecule has 0 spiro atoms. The first-order chi connectivity index (χ1) is 7.09. The van der Waals surface area contributed by atoms with Gasteiger partial charge in [0.1, 0.15) is 12.1 Å². The van der Waals surface area contributed by atoms with Crippen LogP contribution in [0.3, 0.4) is 0 Å². The van der Waals surface area contributed by atoms with E-state index >= 15 is 0 Å². The predicted octanol–water partition coefficient (Wildman–Crippen LogP) is 2.56. The third kappa shape index (κ3) is 2.04. The van der Waals surface area contributed by atoms with E-state index < -0.39 is 6.23 Å². The van der Waals surface area contributed by atoms with Crippen LogP contribution in [-0.2, 0) is 12.8 Å². The number of aromatic nitrogens is 2. The maximum atomic E-state index is 9.93. The van der Waals surface area contributed by atoms with Crippen LogP contribution in [0.4, 0.5) is 0 Å². The number of aliphatic hydroxyl groups is 1. The molecule has 0 amide bonds. The summed E-state index contributed by atoms with van der Waals surface area (Å²) in [6.45, 7) is 4.29. The van der Waals surface area contributed by atoms with Gasteiger partial charge in [-0.05, 0) is 25.2 Å². The molecule has 0 saturated heterocycles. The second kappa shape index (κ2) is 4.14. The molecule has 1 aliphatic rings. The summed E-state index contributed by atoms with van der Waals surface area (Å²) in [5.41, 5.74) is 1.01. The molecule has 1 atom stereocenters. The molecule has 4 heteroatoms. The average Bonchev–Trinajstić information content (AvgIpc) is 2.44. The van der Waals surface area contributed by atoms with Crippen LogP contribution in [0.25, 0.3) is 0 Å². The van der Waals surface area contributed by atoms with E-state index in [-0.39, 0.29) is 0 Å². The molecule has 0 saturated carbocycles. The zero-order valence-electron chi connectivity index (χ0n) is 9.20. The summed E-state index contributed by atoms with van der Waals surface area (Å²) in [5, 5.41) is 10.5. The molecule has 1 aromatic rings. The van der Waals surface area contributed by atoms with E-state index in [4.69, 9.17) is 11.6 Å². The molecule has 0 aromatic carbocycles. The first-order valence-corrected chi connectivity index (χ1v) is 5.91. The van der Waals surface area contributed by atoms with Crippen molar-refractivity contribution < 1.29 is 5.11 Å². The lowest BCUT2D eigenvalue weighted by Gasteiger charge is -2.23. The molecule has 0 aliphatic carbocycles. The average molecular weight is 229 g/mol. The number of hydrogen-bond donors (Lipinski definition) is 1. The number of halogens is 1. The van der Waals surface area contributed by atoms with Crippen molar-refractivity contribution in [3.63, 3.8) is 0 Å². The van der Waals surface area contributed by atoms with Crippen molar-refractivity contribution in [2.45, 2.75) is 45.8 Å². The monoisotopic (exact) mass is 228 g/mol. The highest BCUT2D eigenvalue weighted by molar-refractivity contribution is 6.30. The number of hydrogen-bond acceptors (Lipinski definition) is 2. The molecule has 3 nitrogen and oxygen atoms in total. The Hall–Kier alpha value is -0.540. The standard InChI is InChI=1S/C11H17ClN2O/c1-7(2)6-9-13-11(12)8-4-3-5-10(15)14(8)9/h7,10,15H,3-6H2,1-2H3. The molecule has 1 aromatic heterocycles. The lowest BCUT2D eigenvalue weighted by molar-refractivity contribution is 0.0754. The second-order valence-corrected chi connectivity index (χ2v) is 4.96. The predicted molar refractivity (Wildman–Crippen MR) is 60.0 cm³/mol. The lowest BCUT2D eigenvalue weighted by atomic mass is 10.1. The van der Waals surface area contributed by atoms with Crippen LogP contribution >= 0.6 is 11.6 Å². The van der Waals surface area contributed by atoms with Gasteiger partial charge in [-0.3, -0.25) is 0 Å². The summed E-state index contributed by atoms with van der Waals surface area (Å²) in [6.07, 6.45) is 3.18. The minimum absolute atomic E-state index is 0.428. The van der Waals surface area contributed by atoms with Crippen molar-refractivity contribution >= 4 is 11.6 Å². The quantitative estimate of drug-likeness (QED) is 0.845. The van der Waals surface area contributed by atoms with E-state index in [9.17, 15) is 5.11 Å². The van der Waals surface area contributed by atoms with Crippen molar-refractivity contribution in [3.05, 3.63) is 16.7 Å². The minimum Gasteiger partial charge on any atom is -0.373 e. The van der Waals surface area contributed by atoms with E-state index in [0.29, 0.717) is 11.1 Å². The van der Waals surface area contributed by atoms with Gasteiger partial charge in [0.2, 0.25) is 0 Å². The van der Waals surface area contributed by atoms with Gasteiger partial charge in [-0.2, -0.15) is 0 Å². The maximum Gasteiger partial charge on any atom is 0.150 e. The Morgan fingerprint density at radius 2 is 2.33 bits per heavy atom. The van der Waals surface area contributed by atoms with Gasteiger partial charge in [0, 0.05) is 6.42 Å². The summed E-state index contributed by atoms with van der Waals surface area (Å²) in [4.78, 5) is 4.35. The highest BCUT2D eigenvalue weighted by atomic mass is 35.5. The Morgan fingerprint density at radius 1 is 1.60 bits per heavy atom. The molecule has 1 aliphatic heterocycles. The molecule has 2 heterocycles. The van der Waals surface area contributed by atoms with Crippen LogP contribution in [-0.4, -0.2) is 14.7 Å². The Bertz CT molecular complexity index is 360. The molecular formula is C11H17ClN2O. The first-order valence-electron chi connectivity index (χ1n) is 5.53. The van der Waals surface area contributed by atoms with Gasteiger partial charge in [-0.25, -0.2) is 4.98 Å². The molecule has 15 heavy (non-hydrogen) atoms. The number of rotatable bonds is 2. The van der Waals surface area contributed by atoms with E-state index in [1.54, 1.807) is 0 Å².